The summed E-state index contributed by atoms with van der Waals surface area (Å²) in [7, 11) is 0. The first kappa shape index (κ1) is 12.3. The number of aryl methyl sites for hydroxylation is 2. The number of carboxylic acid groups (broad SMARTS) is 1. The lowest BCUT2D eigenvalue weighted by Gasteiger charge is -2.09. The fourth-order valence-corrected chi connectivity index (χ4v) is 3.61. The smallest absolute Gasteiger partial charge is 0.335 e. The van der Waals surface area contributed by atoms with Gasteiger partial charge in [0, 0.05) is 16.6 Å². The number of fused-ring (bicyclic) bond motifs is 3. The second-order valence-corrected chi connectivity index (χ2v) is 6.06. The maximum atomic E-state index is 11.1. The van der Waals surface area contributed by atoms with Crippen molar-refractivity contribution in [3.8, 4) is 16.9 Å². The van der Waals surface area contributed by atoms with Gasteiger partial charge >= 0.3 is 5.97 Å². The molecule has 21 heavy (non-hydrogen) atoms. The van der Waals surface area contributed by atoms with Crippen molar-refractivity contribution in [2.75, 3.05) is 0 Å². The van der Waals surface area contributed by atoms with Crippen LogP contribution < -0.4 is 0 Å². The van der Waals surface area contributed by atoms with Gasteiger partial charge in [0.05, 0.1) is 16.9 Å². The molecule has 1 aliphatic rings. The molecule has 0 radical (unpaired) electrons. The van der Waals surface area contributed by atoms with Crippen LogP contribution in [-0.4, -0.2) is 20.9 Å². The number of nitrogens with zero attached hydrogens (tertiary/aromatic N) is 2. The summed E-state index contributed by atoms with van der Waals surface area (Å²) in [6.45, 7) is 0. The van der Waals surface area contributed by atoms with Crippen LogP contribution in [-0.2, 0) is 12.8 Å². The highest BCUT2D eigenvalue weighted by atomic mass is 32.1. The summed E-state index contributed by atoms with van der Waals surface area (Å²) < 4.78 is 1.78. The highest BCUT2D eigenvalue weighted by Gasteiger charge is 2.21. The summed E-state index contributed by atoms with van der Waals surface area (Å²) >= 11 is 1.77. The Morgan fingerprint density at radius 2 is 2.19 bits per heavy atom. The van der Waals surface area contributed by atoms with Gasteiger partial charge in [0.15, 0.2) is 0 Å². The highest BCUT2D eigenvalue weighted by Crippen LogP contribution is 2.35. The fraction of sp³-hybridized carbons (Fsp3) is 0.125. The predicted molar refractivity (Wildman–Crippen MR) is 81.2 cm³/mol. The van der Waals surface area contributed by atoms with E-state index in [2.05, 4.69) is 16.5 Å². The van der Waals surface area contributed by atoms with Crippen molar-refractivity contribution in [2.45, 2.75) is 12.8 Å². The Morgan fingerprint density at radius 3 is 3.05 bits per heavy atom. The molecule has 1 aromatic carbocycles. The van der Waals surface area contributed by atoms with Crippen LogP contribution in [0, 0.1) is 0 Å². The molecule has 0 aliphatic heterocycles. The molecule has 0 saturated heterocycles. The number of carboxylic acids is 1. The van der Waals surface area contributed by atoms with E-state index < -0.39 is 5.97 Å². The van der Waals surface area contributed by atoms with E-state index in [1.54, 1.807) is 34.2 Å². The van der Waals surface area contributed by atoms with Gasteiger partial charge in [0.2, 0.25) is 0 Å². The normalized spacial score (nSPS) is 12.8. The quantitative estimate of drug-likeness (QED) is 0.788. The molecule has 104 valence electrons. The largest absolute Gasteiger partial charge is 0.478 e. The maximum absolute atomic E-state index is 11.1. The van der Waals surface area contributed by atoms with Gasteiger partial charge in [-0.1, -0.05) is 6.07 Å². The van der Waals surface area contributed by atoms with Gasteiger partial charge in [-0.3, -0.25) is 0 Å². The van der Waals surface area contributed by atoms with Crippen LogP contribution in [0.4, 0.5) is 0 Å². The average molecular weight is 296 g/mol. The lowest BCUT2D eigenvalue weighted by Crippen LogP contribution is -2.00. The van der Waals surface area contributed by atoms with E-state index in [1.165, 1.54) is 16.0 Å². The molecule has 0 fully saturated rings. The summed E-state index contributed by atoms with van der Waals surface area (Å²) in [5, 5.41) is 15.9. The second-order valence-electron chi connectivity index (χ2n) is 5.06. The fourth-order valence-electron chi connectivity index (χ4n) is 2.73. The molecule has 0 spiro atoms. The van der Waals surface area contributed by atoms with E-state index in [4.69, 9.17) is 5.11 Å². The Kier molecular flexibility index (Phi) is 2.68. The summed E-state index contributed by atoms with van der Waals surface area (Å²) in [5.41, 5.74) is 4.52. The van der Waals surface area contributed by atoms with Crippen LogP contribution in [0.3, 0.4) is 0 Å². The maximum Gasteiger partial charge on any atom is 0.335 e. The van der Waals surface area contributed by atoms with Crippen molar-refractivity contribution < 1.29 is 9.90 Å². The Bertz CT molecular complexity index is 848. The van der Waals surface area contributed by atoms with Crippen LogP contribution in [0.25, 0.3) is 16.9 Å². The standard InChI is InChI=1S/C16H12N2O2S/c19-16(20)10-2-1-3-12(8-10)18-9-11-4-5-14-13(6-7-21-14)15(11)17-18/h1-3,6-9H,4-5H2,(H,19,20). The minimum Gasteiger partial charge on any atom is -0.478 e. The Labute approximate surface area is 125 Å². The molecule has 0 atom stereocenters. The van der Waals surface area contributed by atoms with Gasteiger partial charge in [0.1, 0.15) is 0 Å². The first-order valence-corrected chi connectivity index (χ1v) is 7.59. The number of benzene rings is 1. The topological polar surface area (TPSA) is 55.1 Å². The van der Waals surface area contributed by atoms with E-state index in [-0.39, 0.29) is 5.56 Å². The van der Waals surface area contributed by atoms with Gasteiger partial charge in [0.25, 0.3) is 0 Å². The van der Waals surface area contributed by atoms with Crippen LogP contribution in [0.5, 0.6) is 0 Å². The van der Waals surface area contributed by atoms with Gasteiger partial charge in [-0.2, -0.15) is 5.10 Å². The third-order valence-corrected chi connectivity index (χ3v) is 4.75. The van der Waals surface area contributed by atoms with Crippen molar-refractivity contribution in [3.05, 3.63) is 57.9 Å². The van der Waals surface area contributed by atoms with Crippen LogP contribution in [0.15, 0.2) is 41.9 Å². The number of hydrogen-bond acceptors (Lipinski definition) is 3. The van der Waals surface area contributed by atoms with Crippen molar-refractivity contribution in [1.82, 2.24) is 9.78 Å². The van der Waals surface area contributed by atoms with Crippen LogP contribution in [0.1, 0.15) is 20.8 Å². The molecule has 4 nitrogen and oxygen atoms in total. The summed E-state index contributed by atoms with van der Waals surface area (Å²) in [4.78, 5) is 12.5. The van der Waals surface area contributed by atoms with Crippen molar-refractivity contribution in [2.24, 2.45) is 0 Å². The van der Waals surface area contributed by atoms with Crippen molar-refractivity contribution >= 4 is 17.3 Å². The molecular formula is C16H12N2O2S. The molecular weight excluding hydrogens is 284 g/mol. The van der Waals surface area contributed by atoms with E-state index in [0.29, 0.717) is 0 Å². The number of rotatable bonds is 2. The lowest BCUT2D eigenvalue weighted by atomic mass is 9.98. The van der Waals surface area contributed by atoms with E-state index in [1.807, 2.05) is 12.3 Å². The second kappa shape index (κ2) is 4.56. The van der Waals surface area contributed by atoms with Crippen LogP contribution in [0.2, 0.25) is 0 Å². The third kappa shape index (κ3) is 1.97. The Morgan fingerprint density at radius 1 is 1.29 bits per heavy atom. The predicted octanol–water partition coefficient (Wildman–Crippen LogP) is 3.40. The van der Waals surface area contributed by atoms with Gasteiger partial charge in [-0.25, -0.2) is 9.48 Å². The molecule has 1 aliphatic carbocycles. The molecule has 0 amide bonds. The minimum absolute atomic E-state index is 0.275. The summed E-state index contributed by atoms with van der Waals surface area (Å²) in [6.07, 6.45) is 4.05. The molecule has 0 saturated carbocycles. The number of hydrogen-bond donors (Lipinski definition) is 1. The number of aromatic carboxylic acids is 1. The average Bonchev–Trinajstić information content (AvgIpc) is 3.12. The van der Waals surface area contributed by atoms with Gasteiger partial charge in [-0.15, -0.1) is 11.3 Å². The van der Waals surface area contributed by atoms with E-state index in [9.17, 15) is 4.79 Å². The summed E-state index contributed by atoms with van der Waals surface area (Å²) in [5.74, 6) is -0.922. The number of aromatic nitrogens is 2. The SMILES string of the molecule is O=C(O)c1cccc(-n2cc3c(n2)-c2ccsc2CC3)c1. The zero-order chi connectivity index (χ0) is 14.4. The van der Waals surface area contributed by atoms with E-state index >= 15 is 0 Å². The minimum atomic E-state index is -0.922. The Balaban J connectivity index is 1.82. The molecule has 1 N–H and O–H groups in total. The lowest BCUT2D eigenvalue weighted by molar-refractivity contribution is 0.0697. The first-order valence-electron chi connectivity index (χ1n) is 6.71. The monoisotopic (exact) mass is 296 g/mol. The van der Waals surface area contributed by atoms with Gasteiger partial charge < -0.3 is 5.11 Å². The molecule has 5 heteroatoms. The molecule has 0 bridgehead atoms. The molecule has 0 unspecified atom stereocenters. The summed E-state index contributed by atoms with van der Waals surface area (Å²) in [6, 6.07) is 8.97. The molecule has 3 aromatic rings. The molecule has 2 heterocycles. The molecule has 4 rings (SSSR count). The zero-order valence-electron chi connectivity index (χ0n) is 11.1. The van der Waals surface area contributed by atoms with Crippen molar-refractivity contribution in [3.63, 3.8) is 0 Å². The number of thiophene rings is 1. The number of carbonyl (C=O) groups is 1. The van der Waals surface area contributed by atoms with Crippen molar-refractivity contribution in [1.29, 1.82) is 0 Å². The van der Waals surface area contributed by atoms with Crippen LogP contribution >= 0.6 is 11.3 Å². The third-order valence-electron chi connectivity index (χ3n) is 3.77. The van der Waals surface area contributed by atoms with Gasteiger partial charge in [-0.05, 0) is 48.1 Å². The zero-order valence-corrected chi connectivity index (χ0v) is 11.9. The Hall–Kier alpha value is -2.40. The first-order chi connectivity index (χ1) is 10.2. The highest BCUT2D eigenvalue weighted by molar-refractivity contribution is 7.10. The van der Waals surface area contributed by atoms with E-state index in [0.717, 1.165) is 24.2 Å². The molecule has 2 aromatic heterocycles.